The number of ether oxygens (including phenoxy) is 1. The van der Waals surface area contributed by atoms with Crippen LogP contribution in [0.2, 0.25) is 0 Å². The maximum atomic E-state index is 12.8. The minimum Gasteiger partial charge on any atom is -0.493 e. The molecule has 1 aromatic heterocycles. The second-order valence-corrected chi connectivity index (χ2v) is 5.20. The normalized spacial score (nSPS) is 10.5. The number of hydrogen-bond acceptors (Lipinski definition) is 3. The summed E-state index contributed by atoms with van der Waals surface area (Å²) in [6.45, 7) is 10.2. The second-order valence-electron chi connectivity index (χ2n) is 5.20. The van der Waals surface area contributed by atoms with E-state index in [0.717, 1.165) is 23.4 Å². The summed E-state index contributed by atoms with van der Waals surface area (Å²) in [6, 6.07) is 7.30. The molecular formula is C18H22N2O2. The van der Waals surface area contributed by atoms with Gasteiger partial charge in [0.2, 0.25) is 0 Å². The summed E-state index contributed by atoms with van der Waals surface area (Å²) < 4.78 is 7.14. The molecule has 2 rings (SSSR count). The molecule has 116 valence electrons. The van der Waals surface area contributed by atoms with Crippen LogP contribution in [0.3, 0.4) is 0 Å². The molecule has 0 aliphatic rings. The van der Waals surface area contributed by atoms with Gasteiger partial charge in [-0.1, -0.05) is 25.1 Å². The highest BCUT2D eigenvalue weighted by molar-refractivity contribution is 5.98. The third-order valence-electron chi connectivity index (χ3n) is 3.56. The lowest BCUT2D eigenvalue weighted by Crippen LogP contribution is -2.17. The van der Waals surface area contributed by atoms with E-state index in [0.29, 0.717) is 24.3 Å². The number of rotatable bonds is 6. The summed E-state index contributed by atoms with van der Waals surface area (Å²) in [7, 11) is 0. The van der Waals surface area contributed by atoms with Gasteiger partial charge in [0.25, 0.3) is 5.91 Å². The predicted molar refractivity (Wildman–Crippen MR) is 87.6 cm³/mol. The highest BCUT2D eigenvalue weighted by atomic mass is 16.5. The van der Waals surface area contributed by atoms with E-state index in [-0.39, 0.29) is 5.91 Å². The number of carbonyl (C=O) groups is 1. The van der Waals surface area contributed by atoms with Gasteiger partial charge in [-0.15, -0.1) is 6.58 Å². The summed E-state index contributed by atoms with van der Waals surface area (Å²) in [5.41, 5.74) is 3.30. The zero-order valence-corrected chi connectivity index (χ0v) is 13.4. The van der Waals surface area contributed by atoms with Crippen LogP contribution in [0.1, 0.15) is 40.7 Å². The maximum absolute atomic E-state index is 12.8. The van der Waals surface area contributed by atoms with E-state index < -0.39 is 0 Å². The Morgan fingerprint density at radius 2 is 2.09 bits per heavy atom. The molecule has 0 atom stereocenters. The first-order chi connectivity index (χ1) is 10.6. The SMILES string of the molecule is C=CCc1c(C)nn(C(=O)c2ccccc2OCCC)c1C. The van der Waals surface area contributed by atoms with Gasteiger partial charge in [0.15, 0.2) is 0 Å². The number of nitrogens with zero attached hydrogens (tertiary/aromatic N) is 2. The topological polar surface area (TPSA) is 44.1 Å². The molecule has 0 aliphatic heterocycles. The Morgan fingerprint density at radius 3 is 2.77 bits per heavy atom. The van der Waals surface area contributed by atoms with Crippen LogP contribution in [0.25, 0.3) is 0 Å². The highest BCUT2D eigenvalue weighted by Gasteiger charge is 2.20. The smallest absolute Gasteiger partial charge is 0.282 e. The molecular weight excluding hydrogens is 276 g/mol. The standard InChI is InChI=1S/C18H22N2O2/c1-5-9-15-13(3)19-20(14(15)4)18(21)16-10-7-8-11-17(16)22-12-6-2/h5,7-8,10-11H,1,6,9,12H2,2-4H3. The minimum absolute atomic E-state index is 0.164. The Hall–Kier alpha value is -2.36. The van der Waals surface area contributed by atoms with E-state index in [9.17, 15) is 4.79 Å². The van der Waals surface area contributed by atoms with E-state index in [1.807, 2.05) is 45.0 Å². The van der Waals surface area contributed by atoms with Crippen LogP contribution in [0.4, 0.5) is 0 Å². The Balaban J connectivity index is 2.40. The summed E-state index contributed by atoms with van der Waals surface area (Å²) >= 11 is 0. The number of aromatic nitrogens is 2. The van der Waals surface area contributed by atoms with Crippen LogP contribution in [0.5, 0.6) is 5.75 Å². The molecule has 0 saturated carbocycles. The molecule has 22 heavy (non-hydrogen) atoms. The first kappa shape index (κ1) is 16.0. The zero-order chi connectivity index (χ0) is 16.1. The molecule has 1 aromatic carbocycles. The zero-order valence-electron chi connectivity index (χ0n) is 13.4. The molecule has 0 amide bonds. The van der Waals surface area contributed by atoms with Crippen molar-refractivity contribution >= 4 is 5.91 Å². The molecule has 0 fully saturated rings. The van der Waals surface area contributed by atoms with Crippen molar-refractivity contribution in [3.63, 3.8) is 0 Å². The molecule has 0 spiro atoms. The van der Waals surface area contributed by atoms with Crippen molar-refractivity contribution < 1.29 is 9.53 Å². The molecule has 4 heteroatoms. The van der Waals surface area contributed by atoms with E-state index in [1.165, 1.54) is 4.68 Å². The first-order valence-electron chi connectivity index (χ1n) is 7.52. The molecule has 0 saturated heterocycles. The fraction of sp³-hybridized carbons (Fsp3) is 0.333. The third kappa shape index (κ3) is 3.11. The van der Waals surface area contributed by atoms with Crippen molar-refractivity contribution in [3.8, 4) is 5.75 Å². The average Bonchev–Trinajstić information content (AvgIpc) is 2.81. The van der Waals surface area contributed by atoms with Gasteiger partial charge in [0, 0.05) is 11.3 Å². The van der Waals surface area contributed by atoms with Gasteiger partial charge in [-0.25, -0.2) is 4.68 Å². The highest BCUT2D eigenvalue weighted by Crippen LogP contribution is 2.22. The molecule has 0 aliphatic carbocycles. The molecule has 0 bridgehead atoms. The molecule has 0 radical (unpaired) electrons. The van der Waals surface area contributed by atoms with Gasteiger partial charge in [-0.05, 0) is 38.8 Å². The van der Waals surface area contributed by atoms with Crippen LogP contribution in [0.15, 0.2) is 36.9 Å². The van der Waals surface area contributed by atoms with Crippen LogP contribution in [-0.4, -0.2) is 22.3 Å². The molecule has 0 N–H and O–H groups in total. The number of allylic oxidation sites excluding steroid dienone is 1. The molecule has 0 unspecified atom stereocenters. The molecule has 2 aromatic rings. The molecule has 4 nitrogen and oxygen atoms in total. The van der Waals surface area contributed by atoms with Gasteiger partial charge in [-0.3, -0.25) is 4.79 Å². The number of aryl methyl sites for hydroxylation is 1. The van der Waals surface area contributed by atoms with Crippen LogP contribution < -0.4 is 4.74 Å². The fourth-order valence-corrected chi connectivity index (χ4v) is 2.41. The largest absolute Gasteiger partial charge is 0.493 e. The van der Waals surface area contributed by atoms with Crippen molar-refractivity contribution in [2.45, 2.75) is 33.6 Å². The summed E-state index contributed by atoms with van der Waals surface area (Å²) in [6.07, 6.45) is 3.43. The van der Waals surface area contributed by atoms with Gasteiger partial charge in [-0.2, -0.15) is 5.10 Å². The Labute approximate surface area is 131 Å². The monoisotopic (exact) mass is 298 g/mol. The number of benzene rings is 1. The van der Waals surface area contributed by atoms with Crippen molar-refractivity contribution in [1.29, 1.82) is 0 Å². The predicted octanol–water partition coefficient (Wildman–Crippen LogP) is 3.71. The summed E-state index contributed by atoms with van der Waals surface area (Å²) in [5, 5.41) is 4.39. The van der Waals surface area contributed by atoms with Crippen LogP contribution >= 0.6 is 0 Å². The molecule has 1 heterocycles. The van der Waals surface area contributed by atoms with E-state index in [4.69, 9.17) is 4.74 Å². The lowest BCUT2D eigenvalue weighted by Gasteiger charge is -2.10. The Morgan fingerprint density at radius 1 is 1.36 bits per heavy atom. The quantitative estimate of drug-likeness (QED) is 0.764. The van der Waals surface area contributed by atoms with Gasteiger partial charge < -0.3 is 4.74 Å². The van der Waals surface area contributed by atoms with Crippen molar-refractivity contribution in [2.24, 2.45) is 0 Å². The number of hydrogen-bond donors (Lipinski definition) is 0. The van der Waals surface area contributed by atoms with Gasteiger partial charge >= 0.3 is 0 Å². The lowest BCUT2D eigenvalue weighted by atomic mass is 10.1. The second kappa shape index (κ2) is 7.07. The Kier molecular flexibility index (Phi) is 5.15. The number of carbonyl (C=O) groups excluding carboxylic acids is 1. The fourth-order valence-electron chi connectivity index (χ4n) is 2.41. The first-order valence-corrected chi connectivity index (χ1v) is 7.52. The summed E-state index contributed by atoms with van der Waals surface area (Å²) in [4.78, 5) is 12.8. The third-order valence-corrected chi connectivity index (χ3v) is 3.56. The van der Waals surface area contributed by atoms with E-state index >= 15 is 0 Å². The lowest BCUT2D eigenvalue weighted by molar-refractivity contribution is 0.0938. The van der Waals surface area contributed by atoms with Crippen LogP contribution in [0, 0.1) is 13.8 Å². The van der Waals surface area contributed by atoms with Crippen LogP contribution in [-0.2, 0) is 6.42 Å². The summed E-state index contributed by atoms with van der Waals surface area (Å²) in [5.74, 6) is 0.440. The van der Waals surface area contributed by atoms with Gasteiger partial charge in [0.05, 0.1) is 17.9 Å². The van der Waals surface area contributed by atoms with Crippen molar-refractivity contribution in [2.75, 3.05) is 6.61 Å². The Bertz CT molecular complexity index is 686. The van der Waals surface area contributed by atoms with E-state index in [2.05, 4.69) is 11.7 Å². The van der Waals surface area contributed by atoms with Crippen molar-refractivity contribution in [3.05, 3.63) is 59.4 Å². The average molecular weight is 298 g/mol. The number of para-hydroxylation sites is 1. The maximum Gasteiger partial charge on any atom is 0.282 e. The van der Waals surface area contributed by atoms with E-state index in [1.54, 1.807) is 6.07 Å². The van der Waals surface area contributed by atoms with Crippen molar-refractivity contribution in [1.82, 2.24) is 9.78 Å². The van der Waals surface area contributed by atoms with Gasteiger partial charge in [0.1, 0.15) is 5.75 Å². The minimum atomic E-state index is -0.164.